The Kier molecular flexibility index (Phi) is 3.18. The lowest BCUT2D eigenvalue weighted by molar-refractivity contribution is 1.09. The van der Waals surface area contributed by atoms with Gasteiger partial charge in [-0.05, 0) is 25.7 Å². The van der Waals surface area contributed by atoms with Gasteiger partial charge in [0.1, 0.15) is 0 Å². The second-order valence-electron chi connectivity index (χ2n) is 3.79. The Bertz CT molecular complexity index is 301. The van der Waals surface area contributed by atoms with Gasteiger partial charge >= 0.3 is 0 Å². The summed E-state index contributed by atoms with van der Waals surface area (Å²) in [6.07, 6.45) is 22.3. The van der Waals surface area contributed by atoms with Gasteiger partial charge in [0.25, 0.3) is 0 Å². The summed E-state index contributed by atoms with van der Waals surface area (Å²) in [4.78, 5) is 0. The highest BCUT2D eigenvalue weighted by Crippen LogP contribution is 2.17. The Morgan fingerprint density at radius 2 is 1.36 bits per heavy atom. The fourth-order valence-electron chi connectivity index (χ4n) is 1.76. The monoisotopic (exact) mass is 184 g/mol. The van der Waals surface area contributed by atoms with Gasteiger partial charge in [-0.3, -0.25) is 0 Å². The lowest BCUT2D eigenvalue weighted by Crippen LogP contribution is -1.76. The predicted molar refractivity (Wildman–Crippen MR) is 62.1 cm³/mol. The molecule has 2 aliphatic carbocycles. The second-order valence-corrected chi connectivity index (χ2v) is 3.79. The topological polar surface area (TPSA) is 0 Å². The van der Waals surface area contributed by atoms with E-state index in [1.807, 2.05) is 0 Å². The molecule has 0 radical (unpaired) electrons. The van der Waals surface area contributed by atoms with Crippen LogP contribution in [0.25, 0.3) is 0 Å². The van der Waals surface area contributed by atoms with Crippen LogP contribution in [0, 0.1) is 0 Å². The van der Waals surface area contributed by atoms with Gasteiger partial charge < -0.3 is 0 Å². The van der Waals surface area contributed by atoms with Crippen molar-refractivity contribution in [1.29, 1.82) is 0 Å². The molecular weight excluding hydrogens is 168 g/mol. The third-order valence-corrected chi connectivity index (χ3v) is 2.62. The van der Waals surface area contributed by atoms with Gasteiger partial charge in [-0.1, -0.05) is 59.8 Å². The van der Waals surface area contributed by atoms with Crippen molar-refractivity contribution < 1.29 is 0 Å². The van der Waals surface area contributed by atoms with Gasteiger partial charge in [-0.15, -0.1) is 0 Å². The van der Waals surface area contributed by atoms with Crippen molar-refractivity contribution in [3.63, 3.8) is 0 Å². The van der Waals surface area contributed by atoms with Crippen LogP contribution < -0.4 is 0 Å². The number of rotatable bonds is 4. The van der Waals surface area contributed by atoms with Gasteiger partial charge in [0.05, 0.1) is 0 Å². The summed E-state index contributed by atoms with van der Waals surface area (Å²) < 4.78 is 0. The van der Waals surface area contributed by atoms with Gasteiger partial charge in [-0.2, -0.15) is 0 Å². The van der Waals surface area contributed by atoms with E-state index in [-0.39, 0.29) is 0 Å². The second kappa shape index (κ2) is 4.80. The average molecular weight is 184 g/mol. The quantitative estimate of drug-likeness (QED) is 0.577. The minimum absolute atomic E-state index is 1.12. The van der Waals surface area contributed by atoms with Crippen LogP contribution in [0.5, 0.6) is 0 Å². The molecule has 0 amide bonds. The SMILES string of the molecule is C1=CCC(C/C=C/CC2=CC=CC2)=C1. The van der Waals surface area contributed by atoms with Gasteiger partial charge in [0.2, 0.25) is 0 Å². The molecule has 0 aliphatic heterocycles. The van der Waals surface area contributed by atoms with Gasteiger partial charge in [-0.25, -0.2) is 0 Å². The molecule has 0 aromatic rings. The number of hydrogen-bond acceptors (Lipinski definition) is 0. The van der Waals surface area contributed by atoms with Crippen molar-refractivity contribution in [2.45, 2.75) is 25.7 Å². The van der Waals surface area contributed by atoms with Crippen molar-refractivity contribution in [3.05, 3.63) is 59.8 Å². The first-order chi connectivity index (χ1) is 6.95. The highest BCUT2D eigenvalue weighted by atomic mass is 14.0. The predicted octanol–water partition coefficient (Wildman–Crippen LogP) is 4.10. The van der Waals surface area contributed by atoms with Crippen LogP contribution in [0.4, 0.5) is 0 Å². The van der Waals surface area contributed by atoms with Crippen molar-refractivity contribution in [1.82, 2.24) is 0 Å². The Balaban J connectivity index is 1.68. The third kappa shape index (κ3) is 2.59. The van der Waals surface area contributed by atoms with E-state index in [1.165, 1.54) is 11.1 Å². The van der Waals surface area contributed by atoms with Crippen LogP contribution >= 0.6 is 0 Å². The summed E-state index contributed by atoms with van der Waals surface area (Å²) in [6, 6.07) is 0. The molecule has 0 heteroatoms. The lowest BCUT2D eigenvalue weighted by atomic mass is 10.1. The molecule has 2 rings (SSSR count). The van der Waals surface area contributed by atoms with E-state index < -0.39 is 0 Å². The zero-order valence-electron chi connectivity index (χ0n) is 8.45. The molecule has 0 spiro atoms. The smallest absolute Gasteiger partial charge is 0.0129 e. The van der Waals surface area contributed by atoms with Crippen molar-refractivity contribution in [2.75, 3.05) is 0 Å². The Morgan fingerprint density at radius 3 is 1.71 bits per heavy atom. The molecule has 0 bridgehead atoms. The van der Waals surface area contributed by atoms with Crippen molar-refractivity contribution in [2.24, 2.45) is 0 Å². The number of allylic oxidation sites excluding steroid dienone is 10. The van der Waals surface area contributed by atoms with Gasteiger partial charge in [0, 0.05) is 0 Å². The maximum atomic E-state index is 2.29. The summed E-state index contributed by atoms with van der Waals surface area (Å²) in [5.74, 6) is 0. The number of hydrogen-bond donors (Lipinski definition) is 0. The molecule has 0 nitrogen and oxygen atoms in total. The molecule has 0 aromatic heterocycles. The van der Waals surface area contributed by atoms with E-state index >= 15 is 0 Å². The zero-order chi connectivity index (χ0) is 9.64. The van der Waals surface area contributed by atoms with E-state index in [0.29, 0.717) is 0 Å². The summed E-state index contributed by atoms with van der Waals surface area (Å²) in [6.45, 7) is 0. The first kappa shape index (κ1) is 9.26. The molecule has 0 atom stereocenters. The molecule has 0 unspecified atom stereocenters. The van der Waals surface area contributed by atoms with Crippen LogP contribution in [0.15, 0.2) is 59.8 Å². The molecule has 0 heterocycles. The Hall–Kier alpha value is -1.30. The first-order valence-electron chi connectivity index (χ1n) is 5.29. The highest BCUT2D eigenvalue weighted by Gasteiger charge is 1.97. The fraction of sp³-hybridized carbons (Fsp3) is 0.286. The zero-order valence-corrected chi connectivity index (χ0v) is 8.45. The Labute approximate surface area is 86.0 Å². The minimum Gasteiger partial charge on any atom is -0.0841 e. The molecule has 0 aromatic carbocycles. The Morgan fingerprint density at radius 1 is 0.857 bits per heavy atom. The van der Waals surface area contributed by atoms with Crippen molar-refractivity contribution in [3.8, 4) is 0 Å². The maximum absolute atomic E-state index is 2.29. The molecule has 2 aliphatic rings. The summed E-state index contributed by atoms with van der Waals surface area (Å²) >= 11 is 0. The van der Waals surface area contributed by atoms with E-state index in [9.17, 15) is 0 Å². The average Bonchev–Trinajstić information content (AvgIpc) is 2.86. The standard InChI is InChI=1S/C14H16/c1-2-8-13(7-1)11-5-6-12-14-9-3-4-10-14/h1-7,9H,8,10-12H2/b6-5+. The molecule has 14 heavy (non-hydrogen) atoms. The van der Waals surface area contributed by atoms with E-state index in [1.54, 1.807) is 0 Å². The van der Waals surface area contributed by atoms with Crippen LogP contribution in [0.2, 0.25) is 0 Å². The lowest BCUT2D eigenvalue weighted by Gasteiger charge is -1.96. The van der Waals surface area contributed by atoms with Crippen LogP contribution in [0.3, 0.4) is 0 Å². The summed E-state index contributed by atoms with van der Waals surface area (Å²) in [5, 5.41) is 0. The molecule has 0 saturated heterocycles. The maximum Gasteiger partial charge on any atom is -0.0129 e. The van der Waals surface area contributed by atoms with Crippen LogP contribution in [-0.4, -0.2) is 0 Å². The molecule has 0 N–H and O–H groups in total. The third-order valence-electron chi connectivity index (χ3n) is 2.62. The normalized spacial score (nSPS) is 19.4. The molecule has 72 valence electrons. The van der Waals surface area contributed by atoms with Crippen LogP contribution in [-0.2, 0) is 0 Å². The largest absolute Gasteiger partial charge is 0.0841 e. The molecular formula is C14H16. The molecule has 0 fully saturated rings. The van der Waals surface area contributed by atoms with E-state index in [4.69, 9.17) is 0 Å². The minimum atomic E-state index is 1.12. The van der Waals surface area contributed by atoms with Crippen molar-refractivity contribution >= 4 is 0 Å². The summed E-state index contributed by atoms with van der Waals surface area (Å²) in [7, 11) is 0. The van der Waals surface area contributed by atoms with Gasteiger partial charge in [0.15, 0.2) is 0 Å². The van der Waals surface area contributed by atoms with Crippen LogP contribution in [0.1, 0.15) is 25.7 Å². The van der Waals surface area contributed by atoms with E-state index in [2.05, 4.69) is 48.6 Å². The highest BCUT2D eigenvalue weighted by molar-refractivity contribution is 5.27. The fourth-order valence-corrected chi connectivity index (χ4v) is 1.76. The summed E-state index contributed by atoms with van der Waals surface area (Å²) in [5.41, 5.74) is 3.06. The molecule has 0 saturated carbocycles. The van der Waals surface area contributed by atoms with E-state index in [0.717, 1.165) is 25.7 Å². The first-order valence-corrected chi connectivity index (χ1v) is 5.29.